The lowest BCUT2D eigenvalue weighted by Gasteiger charge is -2.36. The third kappa shape index (κ3) is 1.90. The van der Waals surface area contributed by atoms with Crippen molar-refractivity contribution in [2.24, 2.45) is 0 Å². The Kier molecular flexibility index (Phi) is 3.02. The van der Waals surface area contributed by atoms with Crippen molar-refractivity contribution >= 4 is 28.3 Å². The smallest absolute Gasteiger partial charge is 0.261 e. The minimum absolute atomic E-state index is 0.0562. The fourth-order valence-electron chi connectivity index (χ4n) is 2.86. The first-order valence-corrected chi connectivity index (χ1v) is 7.35. The third-order valence-electron chi connectivity index (χ3n) is 4.46. The number of hydrogen-bond donors (Lipinski definition) is 0. The average molecular weight is 296 g/mol. The molecular weight excluding hydrogens is 276 g/mol. The van der Waals surface area contributed by atoms with Gasteiger partial charge in [0.15, 0.2) is 0 Å². The van der Waals surface area contributed by atoms with Crippen molar-refractivity contribution in [3.05, 3.63) is 41.5 Å². The Morgan fingerprint density at radius 2 is 1.55 bits per heavy atom. The summed E-state index contributed by atoms with van der Waals surface area (Å²) < 4.78 is 0. The topological polar surface area (TPSA) is 40.6 Å². The van der Waals surface area contributed by atoms with E-state index in [4.69, 9.17) is 0 Å². The highest BCUT2D eigenvalue weighted by Gasteiger charge is 2.31. The Balaban J connectivity index is 2.37. The first kappa shape index (κ1) is 14.6. The summed E-state index contributed by atoms with van der Waals surface area (Å²) in [4.78, 5) is 28.1. The molecule has 114 valence electrons. The Labute approximate surface area is 130 Å². The lowest BCUT2D eigenvalue weighted by atomic mass is 9.92. The molecule has 22 heavy (non-hydrogen) atoms. The lowest BCUT2D eigenvalue weighted by molar-refractivity contribution is 0.0651. The minimum atomic E-state index is -0.237. The maximum Gasteiger partial charge on any atom is 0.261 e. The van der Waals surface area contributed by atoms with Crippen LogP contribution in [0.3, 0.4) is 0 Å². The predicted molar refractivity (Wildman–Crippen MR) is 88.5 cm³/mol. The molecule has 0 atom stereocenters. The molecule has 1 aliphatic rings. The largest absolute Gasteiger partial charge is 0.369 e. The number of amides is 2. The maximum atomic E-state index is 12.4. The summed E-state index contributed by atoms with van der Waals surface area (Å²) in [6, 6.07) is 9.44. The second-order valence-electron chi connectivity index (χ2n) is 6.76. The number of nitrogens with zero attached hydrogens (tertiary/aromatic N) is 2. The summed E-state index contributed by atoms with van der Waals surface area (Å²) in [5.74, 6) is -0.475. The van der Waals surface area contributed by atoms with E-state index in [1.807, 2.05) is 31.3 Å². The second-order valence-corrected chi connectivity index (χ2v) is 6.76. The molecule has 0 aromatic heterocycles. The Morgan fingerprint density at radius 3 is 2.14 bits per heavy atom. The van der Waals surface area contributed by atoms with Crippen molar-refractivity contribution in [3.63, 3.8) is 0 Å². The van der Waals surface area contributed by atoms with E-state index in [0.717, 1.165) is 16.5 Å². The first-order valence-electron chi connectivity index (χ1n) is 7.35. The minimum Gasteiger partial charge on any atom is -0.369 e. The predicted octanol–water partition coefficient (Wildman–Crippen LogP) is 3.30. The molecule has 0 unspecified atom stereocenters. The van der Waals surface area contributed by atoms with E-state index >= 15 is 0 Å². The van der Waals surface area contributed by atoms with Crippen LogP contribution in [0.15, 0.2) is 30.3 Å². The van der Waals surface area contributed by atoms with Gasteiger partial charge in [-0.1, -0.05) is 12.1 Å². The highest BCUT2D eigenvalue weighted by atomic mass is 16.2. The van der Waals surface area contributed by atoms with E-state index in [9.17, 15) is 9.59 Å². The number of rotatable bonds is 1. The Morgan fingerprint density at radius 1 is 0.955 bits per heavy atom. The van der Waals surface area contributed by atoms with Crippen LogP contribution in [0.4, 0.5) is 5.69 Å². The van der Waals surface area contributed by atoms with Gasteiger partial charge in [0.2, 0.25) is 0 Å². The van der Waals surface area contributed by atoms with Crippen LogP contribution in [-0.2, 0) is 0 Å². The fourth-order valence-corrected chi connectivity index (χ4v) is 2.86. The van der Waals surface area contributed by atoms with Crippen molar-refractivity contribution in [3.8, 4) is 0 Å². The van der Waals surface area contributed by atoms with Gasteiger partial charge in [0.25, 0.3) is 11.8 Å². The molecule has 0 aliphatic carbocycles. The van der Waals surface area contributed by atoms with Gasteiger partial charge in [-0.3, -0.25) is 14.5 Å². The van der Waals surface area contributed by atoms with Crippen molar-refractivity contribution in [2.45, 2.75) is 26.3 Å². The zero-order valence-electron chi connectivity index (χ0n) is 13.6. The van der Waals surface area contributed by atoms with Gasteiger partial charge >= 0.3 is 0 Å². The number of anilines is 1. The van der Waals surface area contributed by atoms with Crippen LogP contribution in [-0.4, -0.2) is 36.3 Å². The average Bonchev–Trinajstić information content (AvgIpc) is 2.48. The van der Waals surface area contributed by atoms with Gasteiger partial charge in [-0.2, -0.15) is 0 Å². The SMILES string of the molecule is CN1C(=O)c2cccc3c(N(C)C(C)(C)C)ccc(c23)C1=O. The van der Waals surface area contributed by atoms with Gasteiger partial charge in [-0.05, 0) is 39.0 Å². The van der Waals surface area contributed by atoms with Crippen LogP contribution in [0.2, 0.25) is 0 Å². The van der Waals surface area contributed by atoms with Gasteiger partial charge in [0.1, 0.15) is 0 Å². The van der Waals surface area contributed by atoms with Crippen LogP contribution in [0, 0.1) is 0 Å². The summed E-state index contributed by atoms with van der Waals surface area (Å²) in [6.45, 7) is 6.39. The summed E-state index contributed by atoms with van der Waals surface area (Å²) in [5, 5.41) is 1.71. The molecule has 2 amide bonds. The summed E-state index contributed by atoms with van der Waals surface area (Å²) in [5.41, 5.74) is 2.16. The number of benzene rings is 2. The molecule has 1 heterocycles. The highest BCUT2D eigenvalue weighted by molar-refractivity contribution is 6.26. The lowest BCUT2D eigenvalue weighted by Crippen LogP contribution is -2.39. The number of carbonyl (C=O) groups excluding carboxylic acids is 2. The number of imide groups is 1. The van der Waals surface area contributed by atoms with E-state index in [1.165, 1.54) is 11.9 Å². The molecule has 2 aromatic carbocycles. The monoisotopic (exact) mass is 296 g/mol. The molecule has 0 bridgehead atoms. The Bertz CT molecular complexity index is 780. The van der Waals surface area contributed by atoms with Crippen molar-refractivity contribution in [1.82, 2.24) is 4.90 Å². The number of carbonyl (C=O) groups is 2. The molecule has 0 saturated carbocycles. The summed E-state index contributed by atoms with van der Waals surface area (Å²) >= 11 is 0. The normalized spacial score (nSPS) is 14.7. The molecular formula is C18H20N2O2. The maximum absolute atomic E-state index is 12.4. The molecule has 0 fully saturated rings. The quantitative estimate of drug-likeness (QED) is 0.758. The molecule has 0 spiro atoms. The third-order valence-corrected chi connectivity index (χ3v) is 4.46. The zero-order chi connectivity index (χ0) is 16.2. The molecule has 4 nitrogen and oxygen atoms in total. The van der Waals surface area contributed by atoms with Crippen molar-refractivity contribution in [1.29, 1.82) is 0 Å². The van der Waals surface area contributed by atoms with Crippen LogP contribution in [0.25, 0.3) is 10.8 Å². The van der Waals surface area contributed by atoms with Crippen LogP contribution in [0.5, 0.6) is 0 Å². The molecule has 0 saturated heterocycles. The molecule has 0 radical (unpaired) electrons. The fraction of sp³-hybridized carbons (Fsp3) is 0.333. The van der Waals surface area contributed by atoms with Gasteiger partial charge < -0.3 is 4.90 Å². The highest BCUT2D eigenvalue weighted by Crippen LogP contribution is 2.36. The standard InChI is InChI=1S/C18H20N2O2/c1-18(2,3)20(5)14-10-9-13-15-11(14)7-6-8-12(15)16(21)19(4)17(13)22/h6-10H,1-5H3. The van der Waals surface area contributed by atoms with Gasteiger partial charge in [-0.25, -0.2) is 0 Å². The summed E-state index contributed by atoms with van der Waals surface area (Å²) in [6.07, 6.45) is 0. The molecule has 1 aliphatic heterocycles. The van der Waals surface area contributed by atoms with E-state index < -0.39 is 0 Å². The zero-order valence-corrected chi connectivity index (χ0v) is 13.6. The first-order chi connectivity index (χ1) is 10.2. The van der Waals surface area contributed by atoms with Crippen LogP contribution < -0.4 is 4.90 Å². The van der Waals surface area contributed by atoms with Crippen molar-refractivity contribution < 1.29 is 9.59 Å². The molecule has 3 rings (SSSR count). The van der Waals surface area contributed by atoms with Gasteiger partial charge in [0, 0.05) is 47.2 Å². The summed E-state index contributed by atoms with van der Waals surface area (Å²) in [7, 11) is 3.56. The van der Waals surface area contributed by atoms with Crippen molar-refractivity contribution in [2.75, 3.05) is 19.0 Å². The molecule has 4 heteroatoms. The van der Waals surface area contributed by atoms with E-state index in [2.05, 4.69) is 25.7 Å². The number of hydrogen-bond acceptors (Lipinski definition) is 3. The van der Waals surface area contributed by atoms with Crippen LogP contribution in [0.1, 0.15) is 41.5 Å². The van der Waals surface area contributed by atoms with Gasteiger partial charge in [-0.15, -0.1) is 0 Å². The van der Waals surface area contributed by atoms with Crippen LogP contribution >= 0.6 is 0 Å². The molecule has 0 N–H and O–H groups in total. The van der Waals surface area contributed by atoms with Gasteiger partial charge in [0.05, 0.1) is 0 Å². The molecule has 2 aromatic rings. The Hall–Kier alpha value is -2.36. The van der Waals surface area contributed by atoms with E-state index in [1.54, 1.807) is 6.07 Å². The second kappa shape index (κ2) is 4.57. The van der Waals surface area contributed by atoms with E-state index in [0.29, 0.717) is 11.1 Å². The van der Waals surface area contributed by atoms with E-state index in [-0.39, 0.29) is 17.4 Å².